The maximum Gasteiger partial charge on any atom is 0.137 e. The molecular formula is C23H14N2O. The van der Waals surface area contributed by atoms with Gasteiger partial charge < -0.3 is 8.98 Å². The van der Waals surface area contributed by atoms with Gasteiger partial charge in [-0.2, -0.15) is 0 Å². The number of para-hydroxylation sites is 1. The van der Waals surface area contributed by atoms with Crippen molar-refractivity contribution in [2.45, 2.75) is 0 Å². The summed E-state index contributed by atoms with van der Waals surface area (Å²) in [4.78, 5) is 4.75. The van der Waals surface area contributed by atoms with E-state index in [1.807, 2.05) is 36.5 Å². The fourth-order valence-corrected chi connectivity index (χ4v) is 4.00. The number of aromatic nitrogens is 2. The zero-order chi connectivity index (χ0) is 17.1. The van der Waals surface area contributed by atoms with E-state index in [2.05, 4.69) is 53.1 Å². The molecule has 3 nitrogen and oxygen atoms in total. The van der Waals surface area contributed by atoms with Gasteiger partial charge in [0.2, 0.25) is 0 Å². The lowest BCUT2D eigenvalue weighted by Crippen LogP contribution is -1.96. The van der Waals surface area contributed by atoms with E-state index in [0.29, 0.717) is 0 Å². The van der Waals surface area contributed by atoms with Crippen LogP contribution in [-0.2, 0) is 0 Å². The van der Waals surface area contributed by atoms with Crippen LogP contribution in [0.5, 0.6) is 0 Å². The molecule has 3 aromatic carbocycles. The number of rotatable bonds is 1. The van der Waals surface area contributed by atoms with Gasteiger partial charge in [-0.15, -0.1) is 0 Å². The van der Waals surface area contributed by atoms with Gasteiger partial charge in [0.15, 0.2) is 0 Å². The van der Waals surface area contributed by atoms with Crippen molar-refractivity contribution in [2.24, 2.45) is 0 Å². The fourth-order valence-electron chi connectivity index (χ4n) is 4.00. The van der Waals surface area contributed by atoms with Crippen molar-refractivity contribution in [3.63, 3.8) is 0 Å². The third-order valence-electron chi connectivity index (χ3n) is 5.04. The zero-order valence-corrected chi connectivity index (χ0v) is 13.9. The van der Waals surface area contributed by atoms with Crippen molar-refractivity contribution >= 4 is 43.9 Å². The van der Waals surface area contributed by atoms with Crippen molar-refractivity contribution < 1.29 is 4.42 Å². The lowest BCUT2D eigenvalue weighted by molar-refractivity contribution is 0.669. The molecule has 0 saturated heterocycles. The molecule has 6 aromatic rings. The molecule has 0 bridgehead atoms. The molecule has 0 atom stereocenters. The average molecular weight is 334 g/mol. The van der Waals surface area contributed by atoms with Crippen LogP contribution in [0.1, 0.15) is 0 Å². The Kier molecular flexibility index (Phi) is 2.61. The Bertz CT molecular complexity index is 1420. The van der Waals surface area contributed by atoms with Crippen molar-refractivity contribution in [3.05, 3.63) is 85.1 Å². The molecule has 0 aliphatic carbocycles. The van der Waals surface area contributed by atoms with E-state index in [4.69, 9.17) is 9.40 Å². The Morgan fingerprint density at radius 2 is 1.42 bits per heavy atom. The van der Waals surface area contributed by atoms with E-state index in [1.165, 1.54) is 0 Å². The van der Waals surface area contributed by atoms with Gasteiger partial charge in [0.05, 0.1) is 21.9 Å². The van der Waals surface area contributed by atoms with Gasteiger partial charge in [0, 0.05) is 22.7 Å². The summed E-state index contributed by atoms with van der Waals surface area (Å²) in [6, 6.07) is 27.0. The van der Waals surface area contributed by atoms with E-state index in [0.717, 1.165) is 49.6 Å². The number of fused-ring (bicyclic) bond motifs is 2. The van der Waals surface area contributed by atoms with Gasteiger partial charge in [0.25, 0.3) is 0 Å². The smallest absolute Gasteiger partial charge is 0.137 e. The summed E-state index contributed by atoms with van der Waals surface area (Å²) in [5.41, 5.74) is 6.08. The minimum atomic E-state index is 0.900. The highest BCUT2D eigenvalue weighted by Crippen LogP contribution is 2.39. The molecule has 0 aliphatic heterocycles. The summed E-state index contributed by atoms with van der Waals surface area (Å²) < 4.78 is 8.43. The Morgan fingerprint density at radius 1 is 0.654 bits per heavy atom. The van der Waals surface area contributed by atoms with Crippen LogP contribution in [0.2, 0.25) is 0 Å². The molecule has 3 heteroatoms. The second kappa shape index (κ2) is 4.96. The molecule has 0 saturated carbocycles. The summed E-state index contributed by atoms with van der Waals surface area (Å²) >= 11 is 0. The minimum Gasteiger partial charge on any atom is -0.456 e. The van der Waals surface area contributed by atoms with Crippen LogP contribution in [0.4, 0.5) is 0 Å². The maximum absolute atomic E-state index is 6.15. The molecule has 0 unspecified atom stereocenters. The molecule has 6 rings (SSSR count). The standard InChI is InChI=1S/C23H14N2O/c1-2-7-15(8-3-1)25-17-10-5-13-20-22(17)21-16(9-4-12-19(21)26-20)23-18(25)11-6-14-24-23/h1-14H. The van der Waals surface area contributed by atoms with Gasteiger partial charge in [-0.1, -0.05) is 36.4 Å². The minimum absolute atomic E-state index is 0.900. The number of nitrogens with zero attached hydrogens (tertiary/aromatic N) is 2. The first-order valence-corrected chi connectivity index (χ1v) is 8.66. The van der Waals surface area contributed by atoms with Gasteiger partial charge in [-0.25, -0.2) is 0 Å². The molecule has 3 heterocycles. The van der Waals surface area contributed by atoms with E-state index in [-0.39, 0.29) is 0 Å². The first kappa shape index (κ1) is 13.7. The maximum atomic E-state index is 6.15. The predicted octanol–water partition coefficient (Wildman–Crippen LogP) is 6.08. The topological polar surface area (TPSA) is 31.0 Å². The summed E-state index contributed by atoms with van der Waals surface area (Å²) in [6.45, 7) is 0. The van der Waals surface area contributed by atoms with Crippen LogP contribution in [0, 0.1) is 0 Å². The number of hydrogen-bond acceptors (Lipinski definition) is 2. The second-order valence-electron chi connectivity index (χ2n) is 6.47. The molecule has 0 fully saturated rings. The molecular weight excluding hydrogens is 320 g/mol. The number of pyridine rings is 1. The van der Waals surface area contributed by atoms with Crippen LogP contribution in [0.25, 0.3) is 49.6 Å². The van der Waals surface area contributed by atoms with Crippen LogP contribution >= 0.6 is 0 Å². The van der Waals surface area contributed by atoms with Crippen molar-refractivity contribution in [3.8, 4) is 5.69 Å². The molecule has 0 radical (unpaired) electrons. The van der Waals surface area contributed by atoms with Crippen LogP contribution < -0.4 is 0 Å². The molecule has 0 spiro atoms. The van der Waals surface area contributed by atoms with Crippen LogP contribution in [0.15, 0.2) is 89.5 Å². The first-order valence-electron chi connectivity index (χ1n) is 8.66. The Labute approximate surface area is 149 Å². The van der Waals surface area contributed by atoms with Crippen molar-refractivity contribution in [1.82, 2.24) is 9.55 Å². The third kappa shape index (κ3) is 1.69. The molecule has 0 aliphatic rings. The number of benzene rings is 3. The lowest BCUT2D eigenvalue weighted by atomic mass is 10.1. The predicted molar refractivity (Wildman–Crippen MR) is 106 cm³/mol. The van der Waals surface area contributed by atoms with Crippen LogP contribution in [0.3, 0.4) is 0 Å². The van der Waals surface area contributed by atoms with E-state index >= 15 is 0 Å². The highest BCUT2D eigenvalue weighted by Gasteiger charge is 2.17. The molecule has 0 amide bonds. The first-order chi connectivity index (χ1) is 12.9. The Morgan fingerprint density at radius 3 is 2.31 bits per heavy atom. The average Bonchev–Trinajstić information content (AvgIpc) is 3.03. The molecule has 122 valence electrons. The highest BCUT2D eigenvalue weighted by atomic mass is 16.3. The Hall–Kier alpha value is -3.59. The lowest BCUT2D eigenvalue weighted by Gasteiger charge is -2.11. The van der Waals surface area contributed by atoms with Crippen molar-refractivity contribution in [1.29, 1.82) is 0 Å². The second-order valence-corrected chi connectivity index (χ2v) is 6.47. The number of furan rings is 1. The SMILES string of the molecule is c1ccc(-n2c3cccnc3c3cccc4oc5cccc2c5c43)cc1. The van der Waals surface area contributed by atoms with E-state index < -0.39 is 0 Å². The molecule has 0 N–H and O–H groups in total. The van der Waals surface area contributed by atoms with Gasteiger partial charge in [0.1, 0.15) is 11.2 Å². The normalized spacial score (nSPS) is 11.8. The monoisotopic (exact) mass is 334 g/mol. The molecule has 3 aromatic heterocycles. The van der Waals surface area contributed by atoms with E-state index in [9.17, 15) is 0 Å². The zero-order valence-electron chi connectivity index (χ0n) is 13.9. The third-order valence-corrected chi connectivity index (χ3v) is 5.04. The van der Waals surface area contributed by atoms with Gasteiger partial charge in [-0.3, -0.25) is 4.98 Å². The summed E-state index contributed by atoms with van der Waals surface area (Å²) in [6.07, 6.45) is 1.86. The largest absolute Gasteiger partial charge is 0.456 e. The summed E-state index contributed by atoms with van der Waals surface area (Å²) in [5, 5.41) is 3.39. The quantitative estimate of drug-likeness (QED) is 0.365. The van der Waals surface area contributed by atoms with Gasteiger partial charge in [-0.05, 0) is 42.5 Å². The van der Waals surface area contributed by atoms with E-state index in [1.54, 1.807) is 0 Å². The summed E-state index contributed by atoms with van der Waals surface area (Å²) in [5.74, 6) is 0. The highest BCUT2D eigenvalue weighted by molar-refractivity contribution is 6.25. The number of hydrogen-bond donors (Lipinski definition) is 0. The summed E-state index contributed by atoms with van der Waals surface area (Å²) in [7, 11) is 0. The van der Waals surface area contributed by atoms with Gasteiger partial charge >= 0.3 is 0 Å². The Balaban J connectivity index is 2.05. The fraction of sp³-hybridized carbons (Fsp3) is 0. The molecule has 26 heavy (non-hydrogen) atoms. The van der Waals surface area contributed by atoms with Crippen LogP contribution in [-0.4, -0.2) is 9.55 Å². The van der Waals surface area contributed by atoms with Crippen molar-refractivity contribution in [2.75, 3.05) is 0 Å².